The van der Waals surface area contributed by atoms with Gasteiger partial charge < -0.3 is 9.64 Å². The Morgan fingerprint density at radius 1 is 1.24 bits per heavy atom. The second kappa shape index (κ2) is 9.30. The van der Waals surface area contributed by atoms with Crippen LogP contribution in [0.3, 0.4) is 0 Å². The molecule has 2 aromatic rings. The van der Waals surface area contributed by atoms with Crippen molar-refractivity contribution in [1.29, 1.82) is 0 Å². The molecule has 0 saturated carbocycles. The molecular weight excluding hydrogens is 447 g/mol. The van der Waals surface area contributed by atoms with Crippen molar-refractivity contribution in [2.75, 3.05) is 30.5 Å². The van der Waals surface area contributed by atoms with Crippen LogP contribution >= 0.6 is 0 Å². The number of pyridine rings is 1. The number of sulfone groups is 1. The van der Waals surface area contributed by atoms with E-state index in [0.717, 1.165) is 11.8 Å². The van der Waals surface area contributed by atoms with Gasteiger partial charge in [0, 0.05) is 24.9 Å². The molecule has 0 bridgehead atoms. The van der Waals surface area contributed by atoms with Crippen molar-refractivity contribution in [3.8, 4) is 5.88 Å². The van der Waals surface area contributed by atoms with Crippen LogP contribution in [0.2, 0.25) is 0 Å². The molecule has 174 valence electrons. The summed E-state index contributed by atoms with van der Waals surface area (Å²) < 4.78 is 44.2. The molecule has 1 aromatic heterocycles. The van der Waals surface area contributed by atoms with Crippen molar-refractivity contribution in [3.63, 3.8) is 0 Å². The van der Waals surface area contributed by atoms with Crippen LogP contribution in [0.5, 0.6) is 5.88 Å². The summed E-state index contributed by atoms with van der Waals surface area (Å²) in [5.74, 6) is -0.823. The Morgan fingerprint density at radius 3 is 2.76 bits per heavy atom. The van der Waals surface area contributed by atoms with Gasteiger partial charge in [0.05, 0.1) is 29.7 Å². The van der Waals surface area contributed by atoms with Crippen LogP contribution < -0.4 is 9.75 Å². The third-order valence-electron chi connectivity index (χ3n) is 5.67. The predicted octanol–water partition coefficient (Wildman–Crippen LogP) is 2.68. The van der Waals surface area contributed by atoms with E-state index >= 15 is 0 Å². The number of hydrazone groups is 1. The van der Waals surface area contributed by atoms with E-state index in [9.17, 15) is 17.6 Å². The normalized spacial score (nSPS) is 22.1. The Hall–Kier alpha value is -3.27. The van der Waals surface area contributed by atoms with Gasteiger partial charge in [-0.05, 0) is 38.1 Å². The lowest BCUT2D eigenvalue weighted by atomic mass is 10.1. The largest absolute Gasteiger partial charge is 0.476 e. The minimum Gasteiger partial charge on any atom is -0.476 e. The lowest BCUT2D eigenvalue weighted by molar-refractivity contribution is 0.0687. The molecule has 10 heteroatoms. The number of ether oxygens (including phenoxy) is 1. The monoisotopic (exact) mass is 472 g/mol. The number of anilines is 1. The van der Waals surface area contributed by atoms with E-state index in [1.54, 1.807) is 35.2 Å². The van der Waals surface area contributed by atoms with E-state index in [1.165, 1.54) is 12.1 Å². The van der Waals surface area contributed by atoms with E-state index in [-0.39, 0.29) is 30.7 Å². The van der Waals surface area contributed by atoms with Gasteiger partial charge in [-0.1, -0.05) is 17.7 Å². The minimum absolute atomic E-state index is 0.0138. The van der Waals surface area contributed by atoms with E-state index in [2.05, 4.69) is 10.1 Å². The summed E-state index contributed by atoms with van der Waals surface area (Å²) in [6, 6.07) is 9.20. The number of aromatic nitrogens is 1. The minimum atomic E-state index is -3.50. The lowest BCUT2D eigenvalue weighted by Crippen LogP contribution is -2.55. The van der Waals surface area contributed by atoms with Gasteiger partial charge in [0.25, 0.3) is 5.91 Å². The molecule has 1 aromatic carbocycles. The number of halogens is 1. The maximum atomic E-state index is 13.6. The van der Waals surface area contributed by atoms with Gasteiger partial charge in [0.2, 0.25) is 5.88 Å². The van der Waals surface area contributed by atoms with Crippen molar-refractivity contribution in [3.05, 3.63) is 65.6 Å². The molecule has 2 aliphatic heterocycles. The number of hydrogen-bond acceptors (Lipinski definition) is 7. The van der Waals surface area contributed by atoms with Gasteiger partial charge in [0.15, 0.2) is 9.84 Å². The molecule has 4 rings (SSSR count). The molecule has 0 N–H and O–H groups in total. The second-order valence-corrected chi connectivity index (χ2v) is 10.6. The molecule has 3 heterocycles. The van der Waals surface area contributed by atoms with E-state index in [0.29, 0.717) is 17.8 Å². The average molecular weight is 473 g/mol. The van der Waals surface area contributed by atoms with Crippen molar-refractivity contribution in [2.45, 2.75) is 25.1 Å². The maximum absolute atomic E-state index is 13.6. The first kappa shape index (κ1) is 22.9. The topological polar surface area (TPSA) is 92.2 Å². The molecule has 33 heavy (non-hydrogen) atoms. The highest BCUT2D eigenvalue weighted by Crippen LogP contribution is 2.27. The number of carbonyl (C=O) groups excluding carboxylic acids is 1. The number of para-hydroxylation sites is 1. The molecule has 0 radical (unpaired) electrons. The van der Waals surface area contributed by atoms with Gasteiger partial charge >= 0.3 is 0 Å². The number of benzene rings is 1. The average Bonchev–Trinajstić information content (AvgIpc) is 2.79. The van der Waals surface area contributed by atoms with Crippen molar-refractivity contribution < 1.29 is 22.3 Å². The summed E-state index contributed by atoms with van der Waals surface area (Å²) >= 11 is 0. The molecule has 0 spiro atoms. The molecule has 1 saturated heterocycles. The molecule has 1 fully saturated rings. The number of hydrogen-bond donors (Lipinski definition) is 0. The number of rotatable bonds is 5. The highest BCUT2D eigenvalue weighted by atomic mass is 32.2. The van der Waals surface area contributed by atoms with Crippen LogP contribution in [0.15, 0.2) is 59.3 Å². The molecule has 0 aliphatic carbocycles. The number of allylic oxidation sites excluding steroid dienone is 1. The van der Waals surface area contributed by atoms with Crippen molar-refractivity contribution in [2.24, 2.45) is 5.10 Å². The summed E-state index contributed by atoms with van der Waals surface area (Å²) in [6.45, 7) is 4.08. The number of nitrogens with zero attached hydrogens (tertiary/aromatic N) is 4. The molecule has 2 aliphatic rings. The second-order valence-electron chi connectivity index (χ2n) is 8.24. The third-order valence-corrected chi connectivity index (χ3v) is 7.92. The quantitative estimate of drug-likeness (QED) is 0.665. The van der Waals surface area contributed by atoms with E-state index in [4.69, 9.17) is 4.74 Å². The third kappa shape index (κ3) is 5.05. The van der Waals surface area contributed by atoms with Gasteiger partial charge in [-0.15, -0.1) is 0 Å². The van der Waals surface area contributed by atoms with E-state index in [1.807, 2.05) is 25.1 Å². The Labute approximate surface area is 192 Å². The Balaban J connectivity index is 1.55. The molecule has 2 atom stereocenters. The smallest absolute Gasteiger partial charge is 0.256 e. The van der Waals surface area contributed by atoms with E-state index < -0.39 is 26.9 Å². The first-order valence-corrected chi connectivity index (χ1v) is 12.3. The summed E-state index contributed by atoms with van der Waals surface area (Å²) in [5, 5.41) is 5.21. The Morgan fingerprint density at radius 2 is 2.03 bits per heavy atom. The fraction of sp³-hybridized carbons (Fsp3) is 0.348. The van der Waals surface area contributed by atoms with Crippen molar-refractivity contribution >= 4 is 27.6 Å². The highest BCUT2D eigenvalue weighted by molar-refractivity contribution is 7.92. The SMILES string of the molecule is CC1=CC=NN(c2ccccc2C(=O)N2CC(COc3ccc(F)cn3)S(=O)(=O)CC2C)C1. The number of carbonyl (C=O) groups is 1. The fourth-order valence-electron chi connectivity index (χ4n) is 3.89. The zero-order valence-corrected chi connectivity index (χ0v) is 19.2. The summed E-state index contributed by atoms with van der Waals surface area (Å²) in [6.07, 6.45) is 4.60. The standard InChI is InChI=1S/C23H25FN4O4S/c1-16-9-10-26-28(12-16)21-6-4-3-5-20(21)23(29)27-13-19(33(30,31)15-17(27)2)14-32-22-8-7-18(24)11-25-22/h3-11,17,19H,12-15H2,1-2H3. The van der Waals surface area contributed by atoms with Crippen LogP contribution in [0.1, 0.15) is 24.2 Å². The van der Waals surface area contributed by atoms with Gasteiger partial charge in [-0.3, -0.25) is 9.80 Å². The summed E-state index contributed by atoms with van der Waals surface area (Å²) in [5.41, 5.74) is 2.22. The zero-order chi connectivity index (χ0) is 23.6. The number of amides is 1. The molecular formula is C23H25FN4O4S. The summed E-state index contributed by atoms with van der Waals surface area (Å²) in [4.78, 5) is 18.9. The first-order chi connectivity index (χ1) is 15.7. The van der Waals surface area contributed by atoms with Crippen LogP contribution in [-0.4, -0.2) is 67.2 Å². The Bertz CT molecular complexity index is 1200. The molecule has 2 unspecified atom stereocenters. The van der Waals surface area contributed by atoms with Gasteiger partial charge in [0.1, 0.15) is 17.7 Å². The van der Waals surface area contributed by atoms with Crippen LogP contribution in [-0.2, 0) is 9.84 Å². The fourth-order valence-corrected chi connectivity index (χ4v) is 5.68. The van der Waals surface area contributed by atoms with Crippen LogP contribution in [0.4, 0.5) is 10.1 Å². The predicted molar refractivity (Wildman–Crippen MR) is 124 cm³/mol. The zero-order valence-electron chi connectivity index (χ0n) is 18.4. The van der Waals surface area contributed by atoms with Gasteiger partial charge in [-0.25, -0.2) is 17.8 Å². The molecule has 1 amide bonds. The first-order valence-electron chi connectivity index (χ1n) is 10.6. The Kier molecular flexibility index (Phi) is 6.46. The van der Waals surface area contributed by atoms with Crippen molar-refractivity contribution in [1.82, 2.24) is 9.88 Å². The molecule has 8 nitrogen and oxygen atoms in total. The van der Waals surface area contributed by atoms with Crippen LogP contribution in [0, 0.1) is 5.82 Å². The van der Waals surface area contributed by atoms with Gasteiger partial charge in [-0.2, -0.15) is 5.10 Å². The maximum Gasteiger partial charge on any atom is 0.256 e. The summed E-state index contributed by atoms with van der Waals surface area (Å²) in [7, 11) is -3.50. The van der Waals surface area contributed by atoms with Crippen LogP contribution in [0.25, 0.3) is 0 Å². The lowest BCUT2D eigenvalue weighted by Gasteiger charge is -2.38. The highest BCUT2D eigenvalue weighted by Gasteiger charge is 2.40.